The first-order chi connectivity index (χ1) is 13.1. The predicted octanol–water partition coefficient (Wildman–Crippen LogP) is 2.61. The Morgan fingerprint density at radius 3 is 2.85 bits per heavy atom. The highest BCUT2D eigenvalue weighted by molar-refractivity contribution is 7.09. The van der Waals surface area contributed by atoms with E-state index in [1.807, 2.05) is 36.6 Å². The number of hydrogen-bond donors (Lipinski definition) is 2. The number of likely N-dealkylation sites (tertiary alicyclic amines) is 1. The second kappa shape index (κ2) is 9.85. The maximum absolute atomic E-state index is 12.3. The van der Waals surface area contributed by atoms with E-state index in [4.69, 9.17) is 4.74 Å². The largest absolute Gasteiger partial charge is 0.487 e. The fourth-order valence-electron chi connectivity index (χ4n) is 3.58. The SMILES string of the molecule is Cc1nc(COc2ccc(C(=O)NCCC[NH+]3CCCC[C@@H]3C)cc2)cs1. The number of benzene rings is 1. The zero-order valence-corrected chi connectivity index (χ0v) is 17.1. The summed E-state index contributed by atoms with van der Waals surface area (Å²) < 4.78 is 5.73. The lowest BCUT2D eigenvalue weighted by Crippen LogP contribution is -3.16. The van der Waals surface area contributed by atoms with Gasteiger partial charge in [-0.3, -0.25) is 4.79 Å². The van der Waals surface area contributed by atoms with E-state index in [2.05, 4.69) is 17.2 Å². The molecule has 2 N–H and O–H groups in total. The van der Waals surface area contributed by atoms with Gasteiger partial charge in [0.1, 0.15) is 12.4 Å². The highest BCUT2D eigenvalue weighted by Crippen LogP contribution is 2.15. The summed E-state index contributed by atoms with van der Waals surface area (Å²) in [6.07, 6.45) is 5.06. The minimum absolute atomic E-state index is 0.0154. The number of ether oxygens (including phenoxy) is 1. The molecule has 1 unspecified atom stereocenters. The lowest BCUT2D eigenvalue weighted by Gasteiger charge is -2.30. The maximum Gasteiger partial charge on any atom is 0.251 e. The number of aryl methyl sites for hydroxylation is 1. The van der Waals surface area contributed by atoms with Gasteiger partial charge in [0.2, 0.25) is 0 Å². The van der Waals surface area contributed by atoms with Crippen molar-refractivity contribution in [2.24, 2.45) is 0 Å². The van der Waals surface area contributed by atoms with Crippen molar-refractivity contribution >= 4 is 17.2 Å². The maximum atomic E-state index is 12.3. The van der Waals surface area contributed by atoms with E-state index in [-0.39, 0.29) is 5.91 Å². The van der Waals surface area contributed by atoms with Crippen LogP contribution in [0.1, 0.15) is 53.7 Å². The van der Waals surface area contributed by atoms with Gasteiger partial charge in [-0.15, -0.1) is 11.3 Å². The first-order valence-corrected chi connectivity index (χ1v) is 10.8. The van der Waals surface area contributed by atoms with Crippen LogP contribution in [-0.4, -0.2) is 36.6 Å². The molecule has 27 heavy (non-hydrogen) atoms. The molecule has 1 aromatic heterocycles. The topological polar surface area (TPSA) is 55.7 Å². The Labute approximate surface area is 165 Å². The first-order valence-electron chi connectivity index (χ1n) is 9.88. The summed E-state index contributed by atoms with van der Waals surface area (Å²) in [7, 11) is 0. The highest BCUT2D eigenvalue weighted by atomic mass is 32.1. The van der Waals surface area contributed by atoms with Crippen LogP contribution in [0.25, 0.3) is 0 Å². The number of carbonyl (C=O) groups excluding carboxylic acids is 1. The van der Waals surface area contributed by atoms with Crippen LogP contribution in [0.15, 0.2) is 29.6 Å². The molecule has 1 fully saturated rings. The van der Waals surface area contributed by atoms with Crippen LogP contribution in [0.2, 0.25) is 0 Å². The number of carbonyl (C=O) groups is 1. The molecule has 0 bridgehead atoms. The van der Waals surface area contributed by atoms with E-state index in [1.165, 1.54) is 25.8 Å². The molecule has 1 aliphatic heterocycles. The Morgan fingerprint density at radius 2 is 2.15 bits per heavy atom. The number of quaternary nitrogens is 1. The van der Waals surface area contributed by atoms with Crippen molar-refractivity contribution in [2.45, 2.75) is 52.2 Å². The van der Waals surface area contributed by atoms with Crippen molar-refractivity contribution in [3.05, 3.63) is 45.9 Å². The summed E-state index contributed by atoms with van der Waals surface area (Å²) in [5.74, 6) is 0.734. The number of piperidine rings is 1. The van der Waals surface area contributed by atoms with Gasteiger partial charge in [-0.1, -0.05) is 0 Å². The number of hydrogen-bond acceptors (Lipinski definition) is 4. The smallest absolute Gasteiger partial charge is 0.251 e. The van der Waals surface area contributed by atoms with E-state index in [0.717, 1.165) is 42.0 Å². The highest BCUT2D eigenvalue weighted by Gasteiger charge is 2.20. The van der Waals surface area contributed by atoms with Crippen LogP contribution in [-0.2, 0) is 6.61 Å². The molecule has 0 spiro atoms. The molecule has 1 amide bonds. The molecule has 2 atom stereocenters. The number of nitrogens with zero attached hydrogens (tertiary/aromatic N) is 1. The zero-order chi connectivity index (χ0) is 19.1. The molecular formula is C21H30N3O2S+. The number of rotatable bonds is 8. The van der Waals surface area contributed by atoms with Crippen molar-refractivity contribution in [1.29, 1.82) is 0 Å². The monoisotopic (exact) mass is 388 g/mol. The minimum atomic E-state index is -0.0154. The number of aromatic nitrogens is 1. The Balaban J connectivity index is 1.38. The van der Waals surface area contributed by atoms with E-state index in [0.29, 0.717) is 12.2 Å². The molecule has 2 aromatic rings. The van der Waals surface area contributed by atoms with Crippen LogP contribution in [0.4, 0.5) is 0 Å². The van der Waals surface area contributed by atoms with Gasteiger partial charge in [-0.2, -0.15) is 0 Å². The second-order valence-electron chi connectivity index (χ2n) is 7.34. The summed E-state index contributed by atoms with van der Waals surface area (Å²) >= 11 is 1.62. The first kappa shape index (κ1) is 19.8. The van der Waals surface area contributed by atoms with Gasteiger partial charge in [-0.05, 0) is 57.4 Å². The third-order valence-corrected chi connectivity index (χ3v) is 6.03. The Hall–Kier alpha value is -1.92. The molecule has 1 saturated heterocycles. The summed E-state index contributed by atoms with van der Waals surface area (Å²) in [6.45, 7) is 7.92. The molecule has 0 saturated carbocycles. The fourth-order valence-corrected chi connectivity index (χ4v) is 4.18. The Bertz CT molecular complexity index is 729. The minimum Gasteiger partial charge on any atom is -0.487 e. The fraction of sp³-hybridized carbons (Fsp3) is 0.524. The average Bonchev–Trinajstić information content (AvgIpc) is 3.10. The number of thiazole rings is 1. The third-order valence-electron chi connectivity index (χ3n) is 5.21. The van der Waals surface area contributed by atoms with E-state index < -0.39 is 0 Å². The third kappa shape index (κ3) is 6.04. The quantitative estimate of drug-likeness (QED) is 0.684. The van der Waals surface area contributed by atoms with E-state index in [1.54, 1.807) is 16.2 Å². The van der Waals surface area contributed by atoms with Gasteiger partial charge < -0.3 is 15.0 Å². The van der Waals surface area contributed by atoms with Crippen molar-refractivity contribution in [3.8, 4) is 5.75 Å². The lowest BCUT2D eigenvalue weighted by molar-refractivity contribution is -0.928. The van der Waals surface area contributed by atoms with Crippen LogP contribution in [0, 0.1) is 6.92 Å². The normalized spacial score (nSPS) is 19.6. The summed E-state index contributed by atoms with van der Waals surface area (Å²) in [5, 5.41) is 6.07. The molecule has 146 valence electrons. The molecule has 0 radical (unpaired) electrons. The average molecular weight is 389 g/mol. The van der Waals surface area contributed by atoms with Gasteiger partial charge in [0, 0.05) is 23.9 Å². The molecule has 1 aromatic carbocycles. The van der Waals surface area contributed by atoms with Crippen LogP contribution < -0.4 is 15.0 Å². The van der Waals surface area contributed by atoms with Gasteiger partial charge in [0.25, 0.3) is 5.91 Å². The van der Waals surface area contributed by atoms with Crippen LogP contribution in [0.3, 0.4) is 0 Å². The van der Waals surface area contributed by atoms with Gasteiger partial charge in [0.05, 0.1) is 29.8 Å². The van der Waals surface area contributed by atoms with Crippen molar-refractivity contribution in [3.63, 3.8) is 0 Å². The Kier molecular flexibility index (Phi) is 7.24. The number of amides is 1. The van der Waals surface area contributed by atoms with Crippen LogP contribution in [0.5, 0.6) is 5.75 Å². The van der Waals surface area contributed by atoms with Crippen molar-refractivity contribution < 1.29 is 14.4 Å². The second-order valence-corrected chi connectivity index (χ2v) is 8.40. The summed E-state index contributed by atoms with van der Waals surface area (Å²) in [4.78, 5) is 18.4. The molecule has 3 rings (SSSR count). The number of nitrogens with one attached hydrogen (secondary N) is 2. The molecule has 1 aliphatic rings. The molecule has 2 heterocycles. The van der Waals surface area contributed by atoms with Gasteiger partial charge >= 0.3 is 0 Å². The lowest BCUT2D eigenvalue weighted by atomic mass is 10.0. The molecule has 5 nitrogen and oxygen atoms in total. The van der Waals surface area contributed by atoms with Crippen LogP contribution >= 0.6 is 11.3 Å². The summed E-state index contributed by atoms with van der Waals surface area (Å²) in [6, 6.07) is 8.07. The Morgan fingerprint density at radius 1 is 1.33 bits per heavy atom. The van der Waals surface area contributed by atoms with Gasteiger partial charge in [-0.25, -0.2) is 4.98 Å². The molecular weight excluding hydrogens is 358 g/mol. The molecule has 6 heteroatoms. The van der Waals surface area contributed by atoms with Crippen molar-refractivity contribution in [2.75, 3.05) is 19.6 Å². The van der Waals surface area contributed by atoms with Crippen molar-refractivity contribution in [1.82, 2.24) is 10.3 Å². The molecule has 0 aliphatic carbocycles. The van der Waals surface area contributed by atoms with E-state index >= 15 is 0 Å². The predicted molar refractivity (Wildman–Crippen MR) is 109 cm³/mol. The zero-order valence-electron chi connectivity index (χ0n) is 16.3. The van der Waals surface area contributed by atoms with E-state index in [9.17, 15) is 4.79 Å². The summed E-state index contributed by atoms with van der Waals surface area (Å²) in [5.41, 5.74) is 1.61. The van der Waals surface area contributed by atoms with Gasteiger partial charge in [0.15, 0.2) is 0 Å². The standard InChI is InChI=1S/C21H29N3O2S/c1-16-6-3-4-12-24(16)13-5-11-22-21(25)18-7-9-20(10-8-18)26-14-19-15-27-17(2)23-19/h7-10,15-16H,3-6,11-14H2,1-2H3,(H,22,25)/p+1/t16-/m0/s1.